The van der Waals surface area contributed by atoms with E-state index in [1.165, 1.54) is 11.1 Å². The Labute approximate surface area is 253 Å². The van der Waals surface area contributed by atoms with E-state index in [9.17, 15) is 4.57 Å². The third-order valence-electron chi connectivity index (χ3n) is 9.84. The van der Waals surface area contributed by atoms with E-state index in [0.717, 1.165) is 36.5 Å². The van der Waals surface area contributed by atoms with Crippen molar-refractivity contribution in [3.05, 3.63) is 84.5 Å². The molecule has 1 saturated carbocycles. The molecule has 0 amide bonds. The molecule has 2 aromatic rings. The molecule has 0 unspecified atom stereocenters. The number of hydrogen-bond donors (Lipinski definition) is 0. The second-order valence-electron chi connectivity index (χ2n) is 14.9. The summed E-state index contributed by atoms with van der Waals surface area (Å²) in [6.07, 6.45) is 5.59. The van der Waals surface area contributed by atoms with Crippen molar-refractivity contribution in [3.8, 4) is 0 Å². The Morgan fingerprint density at radius 3 is 1.80 bits per heavy atom. The Morgan fingerprint density at radius 1 is 0.854 bits per heavy atom. The van der Waals surface area contributed by atoms with Crippen molar-refractivity contribution in [2.45, 2.75) is 103 Å². The van der Waals surface area contributed by atoms with E-state index in [1.54, 1.807) is 0 Å². The van der Waals surface area contributed by atoms with Gasteiger partial charge in [0.05, 0.1) is 0 Å². The van der Waals surface area contributed by atoms with Gasteiger partial charge in [0, 0.05) is 29.5 Å². The Bertz CT molecular complexity index is 1190. The maximum atomic E-state index is 14.8. The standard InChI is InChI=1S/C35H55O3PSi2/c1-28-29(22-24-37-40(8,9)34(2,3)4)26-31(38-41(10,11)35(5,6)7)27-30(28)23-25-39(36,32-18-14-12-15-19-32)33-20-16-13-17-21-33/h12-21,23,29,31H,1,22,24-27H2,2-11H3/b30-23+/t29-,31-/m1/s1. The lowest BCUT2D eigenvalue weighted by Gasteiger charge is -2.43. The molecule has 3 rings (SSSR count). The molecule has 1 fully saturated rings. The van der Waals surface area contributed by atoms with Crippen molar-refractivity contribution in [2.75, 3.05) is 12.8 Å². The van der Waals surface area contributed by atoms with Gasteiger partial charge < -0.3 is 13.4 Å². The molecule has 226 valence electrons. The van der Waals surface area contributed by atoms with Gasteiger partial charge in [-0.1, -0.05) is 115 Å². The minimum Gasteiger partial charge on any atom is -0.417 e. The average molecular weight is 611 g/mol. The molecule has 0 bridgehead atoms. The third-order valence-corrected chi connectivity index (χ3v) is 21.9. The Morgan fingerprint density at radius 2 is 1.34 bits per heavy atom. The van der Waals surface area contributed by atoms with E-state index in [0.29, 0.717) is 12.1 Å². The first-order chi connectivity index (χ1) is 18.9. The summed E-state index contributed by atoms with van der Waals surface area (Å²) in [5, 5.41) is 2.13. The Hall–Kier alpha value is -1.50. The molecule has 0 spiro atoms. The summed E-state index contributed by atoms with van der Waals surface area (Å²) in [5.41, 5.74) is 2.39. The van der Waals surface area contributed by atoms with E-state index in [2.05, 4.69) is 80.4 Å². The fraction of sp³-hybridized carbons (Fsp3) is 0.543. The molecule has 41 heavy (non-hydrogen) atoms. The molecule has 0 aromatic heterocycles. The number of hydrogen-bond acceptors (Lipinski definition) is 3. The van der Waals surface area contributed by atoms with Gasteiger partial charge in [-0.15, -0.1) is 0 Å². The van der Waals surface area contributed by atoms with E-state index in [1.807, 2.05) is 60.7 Å². The van der Waals surface area contributed by atoms with Crippen molar-refractivity contribution in [2.24, 2.45) is 5.92 Å². The summed E-state index contributed by atoms with van der Waals surface area (Å²) >= 11 is 0. The van der Waals surface area contributed by atoms with Crippen LogP contribution < -0.4 is 10.6 Å². The van der Waals surface area contributed by atoms with Crippen molar-refractivity contribution in [3.63, 3.8) is 0 Å². The van der Waals surface area contributed by atoms with Crippen LogP contribution in [0.3, 0.4) is 0 Å². The molecule has 2 atom stereocenters. The summed E-state index contributed by atoms with van der Waals surface area (Å²) in [6.45, 7) is 28.5. The molecule has 0 aliphatic heterocycles. The van der Waals surface area contributed by atoms with Gasteiger partial charge >= 0.3 is 0 Å². The average Bonchev–Trinajstić information content (AvgIpc) is 2.88. The summed E-state index contributed by atoms with van der Waals surface area (Å²) < 4.78 is 28.4. The Balaban J connectivity index is 1.92. The molecular formula is C35H55O3PSi2. The van der Waals surface area contributed by atoms with Crippen LogP contribution in [-0.2, 0) is 13.4 Å². The predicted octanol–water partition coefficient (Wildman–Crippen LogP) is 9.70. The first kappa shape index (κ1) is 34.0. The fourth-order valence-electron chi connectivity index (χ4n) is 4.98. The third kappa shape index (κ3) is 8.33. The van der Waals surface area contributed by atoms with E-state index in [-0.39, 0.29) is 16.2 Å². The van der Waals surface area contributed by atoms with E-state index >= 15 is 0 Å². The van der Waals surface area contributed by atoms with Crippen molar-refractivity contribution < 1.29 is 13.4 Å². The molecule has 1 aliphatic rings. The smallest absolute Gasteiger partial charge is 0.192 e. The highest BCUT2D eigenvalue weighted by atomic mass is 31.2. The summed E-state index contributed by atoms with van der Waals surface area (Å²) in [6, 6.07) is 19.9. The van der Waals surface area contributed by atoms with Crippen molar-refractivity contribution in [1.29, 1.82) is 0 Å². The SMILES string of the molecule is C=C1/C(=C/CP(=O)(c2ccccc2)c2ccccc2)C[C@H](O[Si](C)(C)C(C)(C)C)C[C@H]1CCO[Si](C)(C)C(C)(C)C. The topological polar surface area (TPSA) is 35.5 Å². The zero-order chi connectivity index (χ0) is 30.7. The van der Waals surface area contributed by atoms with Crippen LogP contribution in [0.1, 0.15) is 60.8 Å². The lowest BCUT2D eigenvalue weighted by molar-refractivity contribution is 0.136. The summed E-state index contributed by atoms with van der Waals surface area (Å²) in [4.78, 5) is 0. The maximum absolute atomic E-state index is 14.8. The van der Waals surface area contributed by atoms with Gasteiger partial charge in [0.2, 0.25) is 0 Å². The molecular weight excluding hydrogens is 556 g/mol. The predicted molar refractivity (Wildman–Crippen MR) is 184 cm³/mol. The zero-order valence-electron chi connectivity index (χ0n) is 27.4. The fourth-order valence-corrected chi connectivity index (χ4v) is 9.91. The van der Waals surface area contributed by atoms with Gasteiger partial charge in [0.25, 0.3) is 0 Å². The first-order valence-electron chi connectivity index (χ1n) is 15.3. The molecule has 6 heteroatoms. The largest absolute Gasteiger partial charge is 0.417 e. The van der Waals surface area contributed by atoms with E-state index < -0.39 is 23.8 Å². The highest BCUT2D eigenvalue weighted by Crippen LogP contribution is 2.47. The van der Waals surface area contributed by atoms with Gasteiger partial charge in [-0.3, -0.25) is 0 Å². The quantitative estimate of drug-likeness (QED) is 0.198. The summed E-state index contributed by atoms with van der Waals surface area (Å²) in [5.74, 6) is 0.294. The van der Waals surface area contributed by atoms with Gasteiger partial charge in [0.15, 0.2) is 16.6 Å². The molecule has 0 heterocycles. The van der Waals surface area contributed by atoms with Crippen LogP contribution in [0.25, 0.3) is 0 Å². The zero-order valence-corrected chi connectivity index (χ0v) is 30.3. The highest BCUT2D eigenvalue weighted by Gasteiger charge is 2.42. The van der Waals surface area contributed by atoms with Gasteiger partial charge in [-0.05, 0) is 72.6 Å². The van der Waals surface area contributed by atoms with Gasteiger partial charge in [0.1, 0.15) is 7.14 Å². The minimum atomic E-state index is -2.86. The number of rotatable bonds is 10. The lowest BCUT2D eigenvalue weighted by Crippen LogP contribution is -2.45. The lowest BCUT2D eigenvalue weighted by atomic mass is 9.78. The Kier molecular flexibility index (Phi) is 10.8. The second kappa shape index (κ2) is 13.0. The van der Waals surface area contributed by atoms with Crippen molar-refractivity contribution in [1.82, 2.24) is 0 Å². The van der Waals surface area contributed by atoms with E-state index in [4.69, 9.17) is 8.85 Å². The number of allylic oxidation sites excluding steroid dienone is 2. The molecule has 0 radical (unpaired) electrons. The normalized spacial score (nSPS) is 20.4. The van der Waals surface area contributed by atoms with Crippen LogP contribution in [0.2, 0.25) is 36.3 Å². The molecule has 3 nitrogen and oxygen atoms in total. The number of benzene rings is 2. The molecule has 2 aromatic carbocycles. The maximum Gasteiger partial charge on any atom is 0.192 e. The molecule has 0 N–H and O–H groups in total. The van der Waals surface area contributed by atoms with Crippen LogP contribution >= 0.6 is 7.14 Å². The van der Waals surface area contributed by atoms with Crippen molar-refractivity contribution >= 4 is 34.4 Å². The summed E-state index contributed by atoms with van der Waals surface area (Å²) in [7, 11) is -6.64. The van der Waals surface area contributed by atoms with Crippen LogP contribution in [0.15, 0.2) is 84.5 Å². The minimum absolute atomic E-state index is 0.137. The first-order valence-corrected chi connectivity index (χ1v) is 23.0. The van der Waals surface area contributed by atoms with Crippen LogP contribution in [0.5, 0.6) is 0 Å². The van der Waals surface area contributed by atoms with Crippen LogP contribution in [0, 0.1) is 5.92 Å². The van der Waals surface area contributed by atoms with Gasteiger partial charge in [-0.25, -0.2) is 0 Å². The highest BCUT2D eigenvalue weighted by molar-refractivity contribution is 7.78. The van der Waals surface area contributed by atoms with Crippen LogP contribution in [0.4, 0.5) is 0 Å². The molecule has 0 saturated heterocycles. The second-order valence-corrected chi connectivity index (χ2v) is 27.3. The monoisotopic (exact) mass is 610 g/mol. The van der Waals surface area contributed by atoms with Crippen LogP contribution in [-0.4, -0.2) is 35.5 Å². The van der Waals surface area contributed by atoms with Gasteiger partial charge in [-0.2, -0.15) is 0 Å². The molecule has 1 aliphatic carbocycles.